The molecule has 0 saturated carbocycles. The van der Waals surface area contributed by atoms with E-state index in [-0.39, 0.29) is 12.5 Å². The zero-order chi connectivity index (χ0) is 21.9. The number of amides is 1. The van der Waals surface area contributed by atoms with Crippen molar-refractivity contribution in [2.45, 2.75) is 10.8 Å². The van der Waals surface area contributed by atoms with Crippen LogP contribution in [0.3, 0.4) is 0 Å². The minimum atomic E-state index is -0.374. The second-order valence-electron chi connectivity index (χ2n) is 6.26. The molecule has 1 heterocycles. The van der Waals surface area contributed by atoms with E-state index in [0.29, 0.717) is 17.3 Å². The number of carbonyl (C=O) groups excluding carboxylic acids is 1. The number of benzene rings is 2. The average molecular weight is 438 g/mol. The van der Waals surface area contributed by atoms with Gasteiger partial charge in [0.1, 0.15) is 5.75 Å². The quantitative estimate of drug-likeness (QED) is 0.294. The number of thioether (sulfide) groups is 1. The molecule has 0 unspecified atom stereocenters. The van der Waals surface area contributed by atoms with Crippen LogP contribution in [0, 0.1) is 0 Å². The predicted octanol–water partition coefficient (Wildman–Crippen LogP) is 3.92. The number of para-hydroxylation sites is 2. The van der Waals surface area contributed by atoms with Gasteiger partial charge in [0.15, 0.2) is 18.1 Å². The first-order valence-corrected chi connectivity index (χ1v) is 10.5. The molecule has 0 aliphatic carbocycles. The van der Waals surface area contributed by atoms with E-state index in [9.17, 15) is 4.79 Å². The lowest BCUT2D eigenvalue weighted by molar-refractivity contribution is -0.123. The van der Waals surface area contributed by atoms with Gasteiger partial charge in [0, 0.05) is 17.5 Å². The lowest BCUT2D eigenvalue weighted by Gasteiger charge is -2.09. The summed E-state index contributed by atoms with van der Waals surface area (Å²) in [7, 11) is 3.19. The third kappa shape index (κ3) is 6.75. The van der Waals surface area contributed by atoms with E-state index in [1.807, 2.05) is 42.5 Å². The number of rotatable bonds is 10. The Balaban J connectivity index is 1.55. The number of hydrazone groups is 1. The highest BCUT2D eigenvalue weighted by Gasteiger charge is 2.07. The van der Waals surface area contributed by atoms with Crippen molar-refractivity contribution in [2.24, 2.45) is 5.10 Å². The molecule has 0 bridgehead atoms. The summed E-state index contributed by atoms with van der Waals surface area (Å²) in [5.74, 6) is 2.17. The van der Waals surface area contributed by atoms with E-state index in [1.165, 1.54) is 0 Å². The highest BCUT2D eigenvalue weighted by atomic mass is 32.2. The SMILES string of the molecule is COc1ccc(/C=N/NC(=O)COc2ccccc2OC)cc1CSc1ccccn1. The number of carbonyl (C=O) groups is 1. The normalized spacial score (nSPS) is 10.6. The maximum atomic E-state index is 12.0. The van der Waals surface area contributed by atoms with Crippen molar-refractivity contribution in [2.75, 3.05) is 20.8 Å². The molecule has 0 aliphatic heterocycles. The molecule has 31 heavy (non-hydrogen) atoms. The van der Waals surface area contributed by atoms with Crippen LogP contribution in [-0.4, -0.2) is 37.9 Å². The van der Waals surface area contributed by atoms with Gasteiger partial charge in [-0.05, 0) is 48.0 Å². The number of pyridine rings is 1. The third-order valence-electron chi connectivity index (χ3n) is 4.15. The summed E-state index contributed by atoms with van der Waals surface area (Å²) in [5.41, 5.74) is 4.31. The Hall–Kier alpha value is -3.52. The first-order valence-electron chi connectivity index (χ1n) is 9.48. The van der Waals surface area contributed by atoms with E-state index >= 15 is 0 Å². The molecule has 2 aromatic carbocycles. The fraction of sp³-hybridized carbons (Fsp3) is 0.174. The van der Waals surface area contributed by atoms with Gasteiger partial charge in [-0.15, -0.1) is 11.8 Å². The van der Waals surface area contributed by atoms with E-state index in [2.05, 4.69) is 15.5 Å². The fourth-order valence-electron chi connectivity index (χ4n) is 2.67. The van der Waals surface area contributed by atoms with Crippen LogP contribution >= 0.6 is 11.8 Å². The molecule has 7 nitrogen and oxygen atoms in total. The lowest BCUT2D eigenvalue weighted by atomic mass is 10.1. The van der Waals surface area contributed by atoms with E-state index in [4.69, 9.17) is 14.2 Å². The molecule has 0 fully saturated rings. The number of nitrogens with zero attached hydrogens (tertiary/aromatic N) is 2. The Kier molecular flexibility index (Phi) is 8.30. The van der Waals surface area contributed by atoms with Gasteiger partial charge in [0.25, 0.3) is 5.91 Å². The van der Waals surface area contributed by atoms with Crippen LogP contribution in [0.5, 0.6) is 17.2 Å². The first-order chi connectivity index (χ1) is 15.2. The van der Waals surface area contributed by atoms with Crippen LogP contribution in [0.1, 0.15) is 11.1 Å². The minimum absolute atomic E-state index is 0.174. The highest BCUT2D eigenvalue weighted by molar-refractivity contribution is 7.98. The van der Waals surface area contributed by atoms with Gasteiger partial charge >= 0.3 is 0 Å². The molecule has 3 aromatic rings. The van der Waals surface area contributed by atoms with Gasteiger partial charge in [0.05, 0.1) is 25.5 Å². The van der Waals surface area contributed by atoms with E-state index in [1.54, 1.807) is 56.6 Å². The summed E-state index contributed by atoms with van der Waals surface area (Å²) >= 11 is 1.62. The third-order valence-corrected chi connectivity index (χ3v) is 5.14. The molecule has 0 saturated heterocycles. The van der Waals surface area contributed by atoms with Crippen LogP contribution in [0.4, 0.5) is 0 Å². The van der Waals surface area contributed by atoms with Crippen LogP contribution in [-0.2, 0) is 10.5 Å². The van der Waals surface area contributed by atoms with Crippen molar-refractivity contribution in [3.8, 4) is 17.2 Å². The monoisotopic (exact) mass is 437 g/mol. The van der Waals surface area contributed by atoms with Crippen LogP contribution in [0.15, 0.2) is 77.0 Å². The van der Waals surface area contributed by atoms with Crippen LogP contribution < -0.4 is 19.6 Å². The number of ether oxygens (including phenoxy) is 3. The van der Waals surface area contributed by atoms with Gasteiger partial charge in [-0.25, -0.2) is 10.4 Å². The molecular weight excluding hydrogens is 414 g/mol. The van der Waals surface area contributed by atoms with Crippen LogP contribution in [0.2, 0.25) is 0 Å². The summed E-state index contributed by atoms with van der Waals surface area (Å²) in [4.78, 5) is 16.3. The first kappa shape index (κ1) is 22.2. The minimum Gasteiger partial charge on any atom is -0.496 e. The summed E-state index contributed by atoms with van der Waals surface area (Å²) in [6, 6.07) is 18.6. The second-order valence-corrected chi connectivity index (χ2v) is 7.26. The molecule has 0 spiro atoms. The molecule has 8 heteroatoms. The highest BCUT2D eigenvalue weighted by Crippen LogP contribution is 2.27. The molecule has 160 valence electrons. The van der Waals surface area contributed by atoms with Gasteiger partial charge < -0.3 is 14.2 Å². The standard InChI is InChI=1S/C23H23N3O4S/c1-28-19-11-10-17(13-18(19)16-31-23-9-5-6-12-24-23)14-25-26-22(27)15-30-21-8-4-3-7-20(21)29-2/h3-14H,15-16H2,1-2H3,(H,26,27)/b25-14+. The van der Waals surface area contributed by atoms with Crippen molar-refractivity contribution in [3.63, 3.8) is 0 Å². The maximum Gasteiger partial charge on any atom is 0.277 e. The number of hydrogen-bond donors (Lipinski definition) is 1. The molecule has 0 radical (unpaired) electrons. The molecule has 3 rings (SSSR count). The number of aromatic nitrogens is 1. The summed E-state index contributed by atoms with van der Waals surface area (Å²) < 4.78 is 16.1. The summed E-state index contributed by atoms with van der Waals surface area (Å²) in [6.45, 7) is -0.174. The van der Waals surface area contributed by atoms with Crippen molar-refractivity contribution < 1.29 is 19.0 Å². The number of nitrogens with one attached hydrogen (secondary N) is 1. The van der Waals surface area contributed by atoms with Gasteiger partial charge in [-0.3, -0.25) is 4.79 Å². The topological polar surface area (TPSA) is 82.0 Å². The van der Waals surface area contributed by atoms with Crippen molar-refractivity contribution >= 4 is 23.9 Å². The van der Waals surface area contributed by atoms with Gasteiger partial charge in [-0.1, -0.05) is 18.2 Å². The van der Waals surface area contributed by atoms with Crippen molar-refractivity contribution in [1.82, 2.24) is 10.4 Å². The van der Waals surface area contributed by atoms with Gasteiger partial charge in [-0.2, -0.15) is 5.10 Å². The molecule has 1 N–H and O–H groups in total. The Labute approximate surface area is 185 Å². The summed E-state index contributed by atoms with van der Waals surface area (Å²) in [5, 5.41) is 4.95. The molecule has 1 amide bonds. The Morgan fingerprint density at radius 3 is 2.55 bits per heavy atom. The largest absolute Gasteiger partial charge is 0.496 e. The predicted molar refractivity (Wildman–Crippen MR) is 121 cm³/mol. The molecule has 1 aromatic heterocycles. The molecule has 0 atom stereocenters. The van der Waals surface area contributed by atoms with Crippen molar-refractivity contribution in [3.05, 3.63) is 78.0 Å². The zero-order valence-corrected chi connectivity index (χ0v) is 18.1. The number of methoxy groups -OCH3 is 2. The smallest absolute Gasteiger partial charge is 0.277 e. The van der Waals surface area contributed by atoms with Crippen molar-refractivity contribution in [1.29, 1.82) is 0 Å². The second kappa shape index (κ2) is 11.6. The average Bonchev–Trinajstić information content (AvgIpc) is 2.82. The zero-order valence-electron chi connectivity index (χ0n) is 17.3. The Morgan fingerprint density at radius 1 is 1.03 bits per heavy atom. The molecular formula is C23H23N3O4S. The summed E-state index contributed by atoms with van der Waals surface area (Å²) in [6.07, 6.45) is 3.35. The fourth-order valence-corrected chi connectivity index (χ4v) is 3.51. The maximum absolute atomic E-state index is 12.0. The lowest BCUT2D eigenvalue weighted by Crippen LogP contribution is -2.24. The van der Waals surface area contributed by atoms with Gasteiger partial charge in [0.2, 0.25) is 0 Å². The molecule has 0 aliphatic rings. The Morgan fingerprint density at radius 2 is 1.81 bits per heavy atom. The van der Waals surface area contributed by atoms with Crippen LogP contribution in [0.25, 0.3) is 0 Å². The Bertz CT molecular complexity index is 1030. The number of hydrogen-bond acceptors (Lipinski definition) is 7. The van der Waals surface area contributed by atoms with E-state index in [0.717, 1.165) is 21.9 Å². The van der Waals surface area contributed by atoms with E-state index < -0.39 is 0 Å².